The molecular formula is C17H21N7O9S2. The number of rotatable bonds is 10. The summed E-state index contributed by atoms with van der Waals surface area (Å²) in [5.74, 6) is -4.39. The standard InChI is InChI=1S/C17H21N7O9S2/c1-17(2,14(27)28)33-22-11(9-7-34-15(18)21-9)12(25)20-5-8-10(6-23-4-3-19-16(23)29)24(13(8)26)35(30,31)32/h3,7-8,10H,4-6H2,1-2H3,(H2,18,21)(H,20,25)(H,27,28)(H,30,31,32)/b22-11-/t8?,10-/m1/s1. The van der Waals surface area contributed by atoms with Crippen molar-refractivity contribution in [3.05, 3.63) is 11.1 Å². The minimum absolute atomic E-state index is 0.0259. The lowest BCUT2D eigenvalue weighted by molar-refractivity contribution is -0.161. The number of aromatic nitrogens is 1. The zero-order chi connectivity index (χ0) is 26.1. The number of hydrogen-bond acceptors (Lipinski definition) is 11. The molecule has 2 aliphatic heterocycles. The van der Waals surface area contributed by atoms with Crippen LogP contribution in [0, 0.1) is 5.92 Å². The van der Waals surface area contributed by atoms with Crippen molar-refractivity contribution in [3.63, 3.8) is 0 Å². The maximum Gasteiger partial charge on any atom is 0.362 e. The highest BCUT2D eigenvalue weighted by Crippen LogP contribution is 2.30. The number of nitrogen functional groups attached to an aromatic ring is 1. The zero-order valence-corrected chi connectivity index (χ0v) is 19.9. The van der Waals surface area contributed by atoms with Crippen molar-refractivity contribution in [2.24, 2.45) is 16.1 Å². The van der Waals surface area contributed by atoms with Crippen LogP contribution in [0.2, 0.25) is 0 Å². The topological polar surface area (TPSA) is 234 Å². The molecule has 2 aliphatic rings. The third-order valence-corrected chi connectivity index (χ3v) is 6.69. The van der Waals surface area contributed by atoms with Gasteiger partial charge < -0.3 is 25.9 Å². The Morgan fingerprint density at radius 2 is 2.09 bits per heavy atom. The van der Waals surface area contributed by atoms with Gasteiger partial charge in [0.25, 0.3) is 5.91 Å². The van der Waals surface area contributed by atoms with Gasteiger partial charge in [-0.3, -0.25) is 14.1 Å². The third kappa shape index (κ3) is 5.54. The van der Waals surface area contributed by atoms with Gasteiger partial charge in [0.1, 0.15) is 5.69 Å². The highest BCUT2D eigenvalue weighted by atomic mass is 32.2. The number of aliphatic carboxylic acids is 1. The lowest BCUT2D eigenvalue weighted by atomic mass is 9.89. The number of carbonyl (C=O) groups is 4. The lowest BCUT2D eigenvalue weighted by Crippen LogP contribution is -2.68. The summed E-state index contributed by atoms with van der Waals surface area (Å²) in [4.78, 5) is 61.9. The first-order valence-electron chi connectivity index (χ1n) is 9.83. The molecule has 16 nitrogen and oxygen atoms in total. The van der Waals surface area contributed by atoms with Gasteiger partial charge in [0.05, 0.1) is 18.5 Å². The molecule has 0 aromatic carbocycles. The van der Waals surface area contributed by atoms with Crippen molar-refractivity contribution < 1.29 is 42.1 Å². The first-order chi connectivity index (χ1) is 16.2. The second-order valence-corrected chi connectivity index (χ2v) is 10.1. The summed E-state index contributed by atoms with van der Waals surface area (Å²) < 4.78 is 32.9. The van der Waals surface area contributed by atoms with Crippen LogP contribution in [0.3, 0.4) is 0 Å². The van der Waals surface area contributed by atoms with Crippen LogP contribution in [0.4, 0.5) is 9.93 Å². The average Bonchev–Trinajstić information content (AvgIpc) is 3.34. The van der Waals surface area contributed by atoms with Gasteiger partial charge in [-0.05, 0) is 13.8 Å². The summed E-state index contributed by atoms with van der Waals surface area (Å²) in [5, 5.41) is 16.7. The number of amides is 4. The van der Waals surface area contributed by atoms with Gasteiger partial charge in [-0.25, -0.2) is 23.9 Å². The monoisotopic (exact) mass is 531 g/mol. The van der Waals surface area contributed by atoms with E-state index in [4.69, 9.17) is 10.6 Å². The molecular weight excluding hydrogens is 510 g/mol. The number of thiazole rings is 1. The van der Waals surface area contributed by atoms with E-state index in [1.54, 1.807) is 0 Å². The van der Waals surface area contributed by atoms with Gasteiger partial charge in [0.2, 0.25) is 11.5 Å². The van der Waals surface area contributed by atoms with Crippen LogP contribution in [0.1, 0.15) is 19.5 Å². The molecule has 1 aromatic heterocycles. The van der Waals surface area contributed by atoms with Gasteiger partial charge >= 0.3 is 22.3 Å². The molecule has 2 atom stereocenters. The van der Waals surface area contributed by atoms with Crippen molar-refractivity contribution in [1.29, 1.82) is 0 Å². The molecule has 1 saturated heterocycles. The largest absolute Gasteiger partial charge is 0.478 e. The summed E-state index contributed by atoms with van der Waals surface area (Å²) in [6.07, 6.45) is 1.30. The third-order valence-electron chi connectivity index (χ3n) is 5.07. The molecule has 0 spiro atoms. The fourth-order valence-corrected chi connectivity index (χ4v) is 4.59. The minimum Gasteiger partial charge on any atom is -0.478 e. The Kier molecular flexibility index (Phi) is 7.08. The Balaban J connectivity index is 1.77. The number of anilines is 1. The molecule has 0 saturated carbocycles. The Hall–Kier alpha value is -3.64. The first kappa shape index (κ1) is 26.0. The van der Waals surface area contributed by atoms with Crippen molar-refractivity contribution in [2.45, 2.75) is 25.5 Å². The van der Waals surface area contributed by atoms with E-state index in [9.17, 15) is 37.3 Å². The first-order valence-corrected chi connectivity index (χ1v) is 12.1. The Labute approximate surface area is 202 Å². The van der Waals surface area contributed by atoms with Crippen LogP contribution in [-0.2, 0) is 29.5 Å². The SMILES string of the molecule is CC(C)(O/N=C(\C(=O)NCC1C(=O)N(S(=O)(=O)O)[C@@H]1CN1CC=NC1=O)c1csc(N)n1)C(=O)O. The quantitative estimate of drug-likeness (QED) is 0.118. The second-order valence-electron chi connectivity index (χ2n) is 7.91. The number of nitrogens with zero attached hydrogens (tertiary/aromatic N) is 5. The number of β-lactam (4-membered cyclic amide) rings is 1. The molecule has 3 heterocycles. The second kappa shape index (κ2) is 9.55. The summed E-state index contributed by atoms with van der Waals surface area (Å²) in [6.45, 7) is 1.83. The van der Waals surface area contributed by atoms with Gasteiger partial charge in [0, 0.05) is 24.7 Å². The summed E-state index contributed by atoms with van der Waals surface area (Å²) in [6, 6.07) is -1.81. The molecule has 18 heteroatoms. The van der Waals surface area contributed by atoms with Gasteiger partial charge in [-0.2, -0.15) is 8.42 Å². The van der Waals surface area contributed by atoms with E-state index < -0.39 is 63.9 Å². The normalized spacial score (nSPS) is 20.7. The number of hydrogen-bond donors (Lipinski definition) is 4. The molecule has 1 unspecified atom stereocenters. The molecule has 0 aliphatic carbocycles. The maximum atomic E-state index is 12.8. The number of nitrogens with two attached hydrogens (primary N) is 1. The molecule has 0 bridgehead atoms. The van der Waals surface area contributed by atoms with Crippen LogP contribution in [0.15, 0.2) is 15.5 Å². The molecule has 35 heavy (non-hydrogen) atoms. The minimum atomic E-state index is -4.91. The van der Waals surface area contributed by atoms with Crippen molar-refractivity contribution >= 4 is 62.5 Å². The van der Waals surface area contributed by atoms with Crippen LogP contribution in [0.5, 0.6) is 0 Å². The van der Waals surface area contributed by atoms with E-state index in [2.05, 4.69) is 20.4 Å². The fraction of sp³-hybridized carbons (Fsp3) is 0.471. The zero-order valence-electron chi connectivity index (χ0n) is 18.3. The number of aliphatic imine (C=N–C) groups is 1. The average molecular weight is 532 g/mol. The van der Waals surface area contributed by atoms with Crippen LogP contribution >= 0.6 is 11.3 Å². The summed E-state index contributed by atoms with van der Waals surface area (Å²) >= 11 is 0.981. The van der Waals surface area contributed by atoms with E-state index in [1.807, 2.05) is 0 Å². The van der Waals surface area contributed by atoms with E-state index in [0.717, 1.165) is 16.2 Å². The number of nitrogens with one attached hydrogen (secondary N) is 1. The van der Waals surface area contributed by atoms with E-state index in [0.29, 0.717) is 0 Å². The van der Waals surface area contributed by atoms with Crippen LogP contribution < -0.4 is 11.1 Å². The Bertz CT molecular complexity index is 1220. The van der Waals surface area contributed by atoms with Crippen molar-refractivity contribution in [2.75, 3.05) is 25.4 Å². The summed E-state index contributed by atoms with van der Waals surface area (Å²) in [5.41, 5.74) is 3.34. The summed E-state index contributed by atoms with van der Waals surface area (Å²) in [7, 11) is -4.91. The van der Waals surface area contributed by atoms with Crippen LogP contribution in [0.25, 0.3) is 0 Å². The van der Waals surface area contributed by atoms with Crippen molar-refractivity contribution in [1.82, 2.24) is 19.5 Å². The Morgan fingerprint density at radius 1 is 1.40 bits per heavy atom. The number of oxime groups is 1. The van der Waals surface area contributed by atoms with Gasteiger partial charge in [-0.1, -0.05) is 5.16 Å². The molecule has 0 radical (unpaired) electrons. The predicted molar refractivity (Wildman–Crippen MR) is 120 cm³/mol. The Morgan fingerprint density at radius 3 is 2.60 bits per heavy atom. The predicted octanol–water partition coefficient (Wildman–Crippen LogP) is -1.44. The number of urea groups is 1. The number of carboxylic acid groups (broad SMARTS) is 1. The number of carbonyl (C=O) groups excluding carboxylic acids is 3. The van der Waals surface area contributed by atoms with E-state index >= 15 is 0 Å². The van der Waals surface area contributed by atoms with E-state index in [-0.39, 0.29) is 28.2 Å². The van der Waals surface area contributed by atoms with E-state index in [1.165, 1.54) is 25.4 Å². The molecule has 190 valence electrons. The van der Waals surface area contributed by atoms with Crippen LogP contribution in [-0.4, -0.2) is 99.3 Å². The lowest BCUT2D eigenvalue weighted by Gasteiger charge is -2.45. The molecule has 5 N–H and O–H groups in total. The fourth-order valence-electron chi connectivity index (χ4n) is 3.12. The molecule has 4 amide bonds. The maximum absolute atomic E-state index is 12.8. The highest BCUT2D eigenvalue weighted by Gasteiger charge is 2.54. The van der Waals surface area contributed by atoms with Crippen molar-refractivity contribution in [3.8, 4) is 0 Å². The van der Waals surface area contributed by atoms with Gasteiger partial charge in [0.15, 0.2) is 10.8 Å². The molecule has 3 rings (SSSR count). The molecule has 1 aromatic rings. The number of carboxylic acids is 1. The highest BCUT2D eigenvalue weighted by molar-refractivity contribution is 7.84. The smallest absolute Gasteiger partial charge is 0.362 e. The molecule has 1 fully saturated rings. The van der Waals surface area contributed by atoms with Gasteiger partial charge in [-0.15, -0.1) is 11.3 Å².